The van der Waals surface area contributed by atoms with Crippen LogP contribution < -0.4 is 27.0 Å². The van der Waals surface area contributed by atoms with Gasteiger partial charge in [0.2, 0.25) is 20.9 Å². The van der Waals surface area contributed by atoms with Gasteiger partial charge in [0.05, 0.1) is 48.7 Å². The van der Waals surface area contributed by atoms with E-state index in [9.17, 15) is 63.7 Å². The number of methoxy groups -OCH3 is 2. The molecule has 33 heteroatoms. The number of hydrogen-bond donors (Lipinski definition) is 5. The summed E-state index contributed by atoms with van der Waals surface area (Å²) in [6.45, 7) is 4.10. The van der Waals surface area contributed by atoms with Crippen molar-refractivity contribution in [1.29, 1.82) is 15.8 Å². The number of nitrogens with two attached hydrogens (primary N) is 1. The Kier molecular flexibility index (Phi) is 28.1. The van der Waals surface area contributed by atoms with Gasteiger partial charge in [0.15, 0.2) is 28.3 Å². The zero-order valence-electron chi connectivity index (χ0n) is 51.5. The van der Waals surface area contributed by atoms with E-state index >= 15 is 0 Å². The maximum Gasteiger partial charge on any atom is 0.416 e. The summed E-state index contributed by atoms with van der Waals surface area (Å²) in [6.07, 6.45) is -3.87. The monoisotopic (exact) mass is 1380 g/mol. The largest absolute Gasteiger partial charge is 0.463 e. The number of rotatable bonds is 20. The van der Waals surface area contributed by atoms with E-state index in [1.54, 1.807) is 56.9 Å². The van der Waals surface area contributed by atoms with Crippen molar-refractivity contribution in [1.82, 2.24) is 29.9 Å². The minimum Gasteiger partial charge on any atom is -0.463 e. The number of ether oxygens (including phenoxy) is 3. The molecule has 1 aliphatic rings. The van der Waals surface area contributed by atoms with Crippen molar-refractivity contribution >= 4 is 45.0 Å². The van der Waals surface area contributed by atoms with Gasteiger partial charge in [-0.25, -0.2) is 28.4 Å². The molecule has 22 nitrogen and oxygen atoms in total. The molecule has 0 amide bonds. The molecule has 9 aromatic rings. The molecule has 1 aliphatic heterocycles. The predicted octanol–water partition coefficient (Wildman–Crippen LogP) is 13.3. The Morgan fingerprint density at radius 1 is 0.542 bits per heavy atom. The number of benzene rings is 3. The van der Waals surface area contributed by atoms with E-state index < -0.39 is 50.2 Å². The number of anilines is 4. The molecule has 1 saturated heterocycles. The Morgan fingerprint density at radius 3 is 1.26 bits per heavy atom. The molecular weight excluding hydrogens is 1320 g/mol. The Bertz CT molecular complexity index is 4170. The highest BCUT2D eigenvalue weighted by molar-refractivity contribution is 7.98. The lowest BCUT2D eigenvalue weighted by atomic mass is 10.1. The van der Waals surface area contributed by atoms with Crippen LogP contribution >= 0.6 is 11.8 Å². The number of hydrogen-bond acceptors (Lipinski definition) is 23. The zero-order chi connectivity index (χ0) is 69.9. The topological polar surface area (TPSA) is 324 Å². The third-order valence-electron chi connectivity index (χ3n) is 12.7. The van der Waals surface area contributed by atoms with Gasteiger partial charge in [-0.1, -0.05) is 48.2 Å². The van der Waals surface area contributed by atoms with Crippen LogP contribution in [-0.2, 0) is 62.2 Å². The Labute approximate surface area is 549 Å². The normalized spacial score (nSPS) is 11.9. The quantitative estimate of drug-likeness (QED) is 0.0205. The lowest BCUT2D eigenvalue weighted by Gasteiger charge is -2.13. The lowest BCUT2D eigenvalue weighted by molar-refractivity contribution is -0.138. The van der Waals surface area contributed by atoms with Crippen LogP contribution in [-0.4, -0.2) is 105 Å². The first-order valence-corrected chi connectivity index (χ1v) is 31.5. The summed E-state index contributed by atoms with van der Waals surface area (Å²) in [5.74, 6) is 1.43. The number of nitrogens with one attached hydrogen (secondary N) is 4. The van der Waals surface area contributed by atoms with Gasteiger partial charge in [-0.05, 0) is 109 Å². The molecule has 0 bridgehead atoms. The van der Waals surface area contributed by atoms with Crippen molar-refractivity contribution < 1.29 is 75.4 Å². The Hall–Kier alpha value is -10.1. The van der Waals surface area contributed by atoms with E-state index in [0.29, 0.717) is 59.8 Å². The smallest absolute Gasteiger partial charge is 0.416 e. The summed E-state index contributed by atoms with van der Waals surface area (Å²) < 4.78 is 170. The first kappa shape index (κ1) is 75.0. The van der Waals surface area contributed by atoms with Gasteiger partial charge in [0.1, 0.15) is 63.6 Å². The summed E-state index contributed by atoms with van der Waals surface area (Å²) in [5, 5.41) is 40.2. The van der Waals surface area contributed by atoms with Gasteiger partial charge in [0, 0.05) is 66.4 Å². The van der Waals surface area contributed by atoms with Crippen molar-refractivity contribution in [3.63, 3.8) is 0 Å². The van der Waals surface area contributed by atoms with Crippen LogP contribution in [0.3, 0.4) is 0 Å². The molecule has 1 fully saturated rings. The highest BCUT2D eigenvalue weighted by Gasteiger charge is 2.33. The molecule has 506 valence electrons. The van der Waals surface area contributed by atoms with E-state index in [-0.39, 0.29) is 82.4 Å². The fourth-order valence-electron chi connectivity index (χ4n) is 8.18. The van der Waals surface area contributed by atoms with Gasteiger partial charge in [0.25, 0.3) is 0 Å². The average molecular weight is 1380 g/mol. The van der Waals surface area contributed by atoms with Crippen molar-refractivity contribution in [3.05, 3.63) is 178 Å². The van der Waals surface area contributed by atoms with Crippen LogP contribution in [0.25, 0.3) is 34.4 Å². The van der Waals surface area contributed by atoms with Crippen LogP contribution in [0.4, 0.5) is 62.9 Å². The SMILES string of the molecule is C1CCOC1.COCCN.COCCNc1nc(NCc2cccc(C(F)(F)F)c2)c(C#N)c(-c2ccco2)n1.CS(=O)(=O)c1nc(NCc2cccc(C(F)(F)F)c2)c(C#N)c(-c2ccco2)n1.CSc1nc(NCc2cccc(C(F)(F)F)c2)c(C#N)c(-c2ccco2)n1. The summed E-state index contributed by atoms with van der Waals surface area (Å²) >= 11 is 1.28. The van der Waals surface area contributed by atoms with E-state index in [1.165, 1.54) is 79.8 Å². The fraction of sp³-hybridized carbons (Fsp3) is 0.286. The molecule has 0 unspecified atom stereocenters. The third-order valence-corrected chi connectivity index (χ3v) is 14.1. The highest BCUT2D eigenvalue weighted by atomic mass is 32.2. The summed E-state index contributed by atoms with van der Waals surface area (Å²) in [7, 11) is -0.650. The van der Waals surface area contributed by atoms with Gasteiger partial charge in [-0.2, -0.15) is 65.3 Å². The lowest BCUT2D eigenvalue weighted by Crippen LogP contribution is -2.13. The number of nitrogens with zero attached hydrogens (tertiary/aromatic N) is 9. The number of thioether (sulfide) groups is 1. The van der Waals surface area contributed by atoms with Gasteiger partial charge in [-0.15, -0.1) is 0 Å². The molecular formula is C63H61F9N14O8S2. The summed E-state index contributed by atoms with van der Waals surface area (Å²) in [6, 6.07) is 30.1. The standard InChI is InChI=1S/C20H18F3N5O2.C18H13F3N4O3S.C18H13F3N4OS.C4H8O.C3H9NO/c1-29-9-7-25-19-27-17(16-6-3-8-30-16)15(11-24)18(28-19)26-12-13-4-2-5-14(10-13)20(21,22)23;1-29(26,27)17-24-15(14-6-3-7-28-14)13(9-22)16(25-17)23-10-11-4-2-5-12(8-11)18(19,20)21;1-27-17-24-15(14-6-3-7-26-14)13(9-22)16(25-17)23-10-11-4-2-5-12(8-11)18(19,20)21;1-2-4-5-3-1;1-5-3-2-4/h2-6,8,10H,7,9,12H2,1H3,(H2,25,26,27,28);2-8H,10H2,1H3,(H,23,24,25);2-8H,10H2,1H3,(H,23,24,25);1-4H2;2-4H2,1H3. The molecule has 96 heavy (non-hydrogen) atoms. The molecule has 0 atom stereocenters. The predicted molar refractivity (Wildman–Crippen MR) is 336 cm³/mol. The van der Waals surface area contributed by atoms with E-state index in [1.807, 2.05) is 18.2 Å². The van der Waals surface area contributed by atoms with E-state index in [4.69, 9.17) is 28.5 Å². The van der Waals surface area contributed by atoms with Crippen molar-refractivity contribution in [2.75, 3.05) is 87.5 Å². The minimum atomic E-state index is -4.50. The molecule has 0 saturated carbocycles. The van der Waals surface area contributed by atoms with Crippen LogP contribution in [0.1, 0.15) is 62.9 Å². The van der Waals surface area contributed by atoms with Gasteiger partial charge in [-0.3, -0.25) is 0 Å². The number of nitriles is 3. The second-order valence-electron chi connectivity index (χ2n) is 19.7. The number of aromatic nitrogens is 6. The molecule has 6 aromatic heterocycles. The first-order valence-electron chi connectivity index (χ1n) is 28.4. The van der Waals surface area contributed by atoms with Gasteiger partial charge < -0.3 is 54.5 Å². The number of alkyl halides is 9. The molecule has 0 aliphatic carbocycles. The molecule has 7 heterocycles. The number of sulfone groups is 1. The maximum absolute atomic E-state index is 12.9. The maximum atomic E-state index is 12.9. The third kappa shape index (κ3) is 22.6. The first-order chi connectivity index (χ1) is 45.8. The molecule has 0 spiro atoms. The van der Waals surface area contributed by atoms with Crippen LogP contribution in [0, 0.1) is 34.0 Å². The van der Waals surface area contributed by atoms with Crippen molar-refractivity contribution in [2.24, 2.45) is 5.73 Å². The second kappa shape index (κ2) is 36.0. The molecule has 0 radical (unpaired) electrons. The second-order valence-corrected chi connectivity index (χ2v) is 22.4. The number of halogens is 9. The summed E-state index contributed by atoms with van der Waals surface area (Å²) in [5.41, 5.74) is 4.52. The van der Waals surface area contributed by atoms with Crippen molar-refractivity contribution in [3.8, 4) is 52.6 Å². The molecule has 6 N–H and O–H groups in total. The van der Waals surface area contributed by atoms with E-state index in [0.717, 1.165) is 55.9 Å². The molecule has 3 aromatic carbocycles. The minimum absolute atomic E-state index is 0.0325. The molecule has 10 rings (SSSR count). The Morgan fingerprint density at radius 2 is 0.938 bits per heavy atom. The van der Waals surface area contributed by atoms with Gasteiger partial charge >= 0.3 is 18.5 Å². The zero-order valence-corrected chi connectivity index (χ0v) is 53.1. The van der Waals surface area contributed by atoms with E-state index in [2.05, 4.69) is 55.9 Å². The highest BCUT2D eigenvalue weighted by Crippen LogP contribution is 2.35. The van der Waals surface area contributed by atoms with Crippen LogP contribution in [0.2, 0.25) is 0 Å². The van der Waals surface area contributed by atoms with Crippen LogP contribution in [0.15, 0.2) is 152 Å². The van der Waals surface area contributed by atoms with Crippen molar-refractivity contribution in [2.45, 2.75) is 61.3 Å². The fourth-order valence-corrected chi connectivity index (χ4v) is 9.06. The summed E-state index contributed by atoms with van der Waals surface area (Å²) in [4.78, 5) is 25.0. The average Bonchev–Trinajstić information content (AvgIpc) is 1.13. The number of furan rings is 3. The Balaban J connectivity index is 0.000000212. The van der Waals surface area contributed by atoms with Crippen LogP contribution in [0.5, 0.6) is 0 Å².